The van der Waals surface area contributed by atoms with Crippen molar-refractivity contribution in [3.8, 4) is 5.75 Å². The lowest BCUT2D eigenvalue weighted by atomic mass is 9.86. The van der Waals surface area contributed by atoms with Gasteiger partial charge in [-0.25, -0.2) is 4.39 Å². The molecule has 6 heteroatoms. The second kappa shape index (κ2) is 7.26. The Morgan fingerprint density at radius 1 is 1.18 bits per heavy atom. The smallest absolute Gasteiger partial charge is 0.227 e. The van der Waals surface area contributed by atoms with E-state index in [-0.39, 0.29) is 29.5 Å². The molecule has 2 aliphatic rings. The van der Waals surface area contributed by atoms with Gasteiger partial charge in [-0.3, -0.25) is 9.59 Å². The van der Waals surface area contributed by atoms with E-state index in [1.807, 2.05) is 29.2 Å². The number of nitrogens with zero attached hydrogens (tertiary/aromatic N) is 2. The van der Waals surface area contributed by atoms with E-state index < -0.39 is 0 Å². The summed E-state index contributed by atoms with van der Waals surface area (Å²) in [4.78, 5) is 29.0. The molecule has 2 aromatic rings. The van der Waals surface area contributed by atoms with E-state index in [4.69, 9.17) is 4.74 Å². The Morgan fingerprint density at radius 2 is 1.96 bits per heavy atom. The minimum absolute atomic E-state index is 0.0239. The van der Waals surface area contributed by atoms with Crippen molar-refractivity contribution in [2.75, 3.05) is 31.6 Å². The quantitative estimate of drug-likeness (QED) is 0.817. The molecule has 4 rings (SSSR count). The van der Waals surface area contributed by atoms with E-state index in [2.05, 4.69) is 0 Å². The second-order valence-electron chi connectivity index (χ2n) is 7.73. The lowest BCUT2D eigenvalue weighted by molar-refractivity contribution is -0.130. The first-order valence-electron chi connectivity index (χ1n) is 9.45. The third-order valence-electron chi connectivity index (χ3n) is 5.75. The van der Waals surface area contributed by atoms with E-state index in [0.717, 1.165) is 17.7 Å². The predicted octanol–water partition coefficient (Wildman–Crippen LogP) is 3.03. The van der Waals surface area contributed by atoms with Crippen LogP contribution in [0.4, 0.5) is 10.1 Å². The monoisotopic (exact) mass is 382 g/mol. The maximum atomic E-state index is 13.0. The number of methoxy groups -OCH3 is 1. The zero-order chi connectivity index (χ0) is 19.7. The molecule has 0 radical (unpaired) electrons. The molecular formula is C22H23FN2O3. The summed E-state index contributed by atoms with van der Waals surface area (Å²) in [6.07, 6.45) is 1.52. The normalized spacial score (nSPS) is 21.6. The third kappa shape index (κ3) is 3.59. The predicted molar refractivity (Wildman–Crippen MR) is 104 cm³/mol. The minimum atomic E-state index is -0.307. The third-order valence-corrected chi connectivity index (χ3v) is 5.75. The van der Waals surface area contributed by atoms with Crippen LogP contribution < -0.4 is 9.64 Å². The molecule has 2 aromatic carbocycles. The highest BCUT2D eigenvalue weighted by Gasteiger charge is 2.48. The van der Waals surface area contributed by atoms with E-state index in [9.17, 15) is 14.0 Å². The highest BCUT2D eigenvalue weighted by atomic mass is 19.1. The molecule has 0 bridgehead atoms. The fourth-order valence-corrected chi connectivity index (χ4v) is 4.22. The molecule has 1 atom stereocenters. The fourth-order valence-electron chi connectivity index (χ4n) is 4.22. The van der Waals surface area contributed by atoms with Crippen molar-refractivity contribution in [2.24, 2.45) is 5.41 Å². The topological polar surface area (TPSA) is 49.9 Å². The summed E-state index contributed by atoms with van der Waals surface area (Å²) in [5.74, 6) is 0.518. The van der Waals surface area contributed by atoms with E-state index in [1.54, 1.807) is 24.1 Å². The van der Waals surface area contributed by atoms with Crippen molar-refractivity contribution in [3.63, 3.8) is 0 Å². The van der Waals surface area contributed by atoms with Gasteiger partial charge in [-0.15, -0.1) is 0 Å². The maximum absolute atomic E-state index is 13.0. The Balaban J connectivity index is 1.43. The van der Waals surface area contributed by atoms with Gasteiger partial charge >= 0.3 is 0 Å². The number of likely N-dealkylation sites (tertiary alicyclic amines) is 1. The van der Waals surface area contributed by atoms with Crippen LogP contribution in [0.1, 0.15) is 18.4 Å². The van der Waals surface area contributed by atoms with Crippen molar-refractivity contribution in [1.82, 2.24) is 4.90 Å². The summed E-state index contributed by atoms with van der Waals surface area (Å²) in [6.45, 7) is 1.85. The average molecular weight is 382 g/mol. The summed E-state index contributed by atoms with van der Waals surface area (Å²) in [6, 6.07) is 13.5. The Kier molecular flexibility index (Phi) is 4.79. The molecule has 1 unspecified atom stereocenters. The number of benzene rings is 2. The number of hydrogen-bond donors (Lipinski definition) is 0. The summed E-state index contributed by atoms with van der Waals surface area (Å²) in [5.41, 5.74) is 1.43. The first kappa shape index (κ1) is 18.5. The van der Waals surface area contributed by atoms with Crippen molar-refractivity contribution in [3.05, 3.63) is 59.9 Å². The van der Waals surface area contributed by atoms with Crippen LogP contribution in [-0.2, 0) is 16.0 Å². The molecule has 2 saturated heterocycles. The van der Waals surface area contributed by atoms with Gasteiger partial charge in [0.25, 0.3) is 0 Å². The largest absolute Gasteiger partial charge is 0.497 e. The summed E-state index contributed by atoms with van der Waals surface area (Å²) < 4.78 is 18.3. The van der Waals surface area contributed by atoms with Crippen LogP contribution in [0.15, 0.2) is 48.5 Å². The number of hydrogen-bond acceptors (Lipinski definition) is 3. The molecule has 2 heterocycles. The van der Waals surface area contributed by atoms with Crippen LogP contribution in [0, 0.1) is 11.2 Å². The number of amides is 2. The maximum Gasteiger partial charge on any atom is 0.227 e. The zero-order valence-electron chi connectivity index (χ0n) is 15.9. The number of anilines is 1. The van der Waals surface area contributed by atoms with Crippen molar-refractivity contribution >= 4 is 17.5 Å². The van der Waals surface area contributed by atoms with Gasteiger partial charge in [-0.2, -0.15) is 0 Å². The minimum Gasteiger partial charge on any atom is -0.497 e. The SMILES string of the molecule is COc1cccc(N2CC3(CCN(C(=O)Cc4ccc(F)cc4)C3)CC2=O)c1. The first-order valence-corrected chi connectivity index (χ1v) is 9.45. The van der Waals surface area contributed by atoms with Crippen LogP contribution in [0.5, 0.6) is 5.75 Å². The standard InChI is InChI=1S/C22H23FN2O3/c1-28-19-4-2-3-18(12-19)25-15-22(13-21(25)27)9-10-24(14-22)20(26)11-16-5-7-17(23)8-6-16/h2-8,12H,9-11,13-15H2,1H3. The number of ether oxygens (including phenoxy) is 1. The molecule has 0 aliphatic carbocycles. The van der Waals surface area contributed by atoms with Crippen molar-refractivity contribution in [1.29, 1.82) is 0 Å². The summed E-state index contributed by atoms with van der Waals surface area (Å²) in [5, 5.41) is 0. The summed E-state index contributed by atoms with van der Waals surface area (Å²) >= 11 is 0. The number of carbonyl (C=O) groups is 2. The lowest BCUT2D eigenvalue weighted by Gasteiger charge is -2.24. The molecule has 5 nitrogen and oxygen atoms in total. The molecule has 2 amide bonds. The molecule has 0 N–H and O–H groups in total. The molecule has 2 aliphatic heterocycles. The Hall–Kier alpha value is -2.89. The molecule has 28 heavy (non-hydrogen) atoms. The Labute approximate surface area is 163 Å². The first-order chi connectivity index (χ1) is 13.5. The van der Waals surface area contributed by atoms with Gasteiger partial charge in [0.2, 0.25) is 11.8 Å². The van der Waals surface area contributed by atoms with Crippen LogP contribution in [0.2, 0.25) is 0 Å². The van der Waals surface area contributed by atoms with E-state index in [0.29, 0.717) is 31.8 Å². The molecule has 1 spiro atoms. The van der Waals surface area contributed by atoms with Crippen LogP contribution >= 0.6 is 0 Å². The number of halogens is 1. The molecule has 0 saturated carbocycles. The average Bonchev–Trinajstić information content (AvgIpc) is 3.26. The highest BCUT2D eigenvalue weighted by molar-refractivity contribution is 5.96. The van der Waals surface area contributed by atoms with Gasteiger partial charge in [-0.1, -0.05) is 18.2 Å². The van der Waals surface area contributed by atoms with Gasteiger partial charge in [-0.05, 0) is 36.2 Å². The van der Waals surface area contributed by atoms with Crippen molar-refractivity contribution < 1.29 is 18.7 Å². The van der Waals surface area contributed by atoms with Crippen molar-refractivity contribution in [2.45, 2.75) is 19.3 Å². The Bertz CT molecular complexity index is 899. The van der Waals surface area contributed by atoms with Gasteiger partial charge in [0.15, 0.2) is 0 Å². The summed E-state index contributed by atoms with van der Waals surface area (Å²) in [7, 11) is 1.61. The number of carbonyl (C=O) groups excluding carboxylic acids is 2. The van der Waals surface area contributed by atoms with Crippen LogP contribution in [0.25, 0.3) is 0 Å². The van der Waals surface area contributed by atoms with Gasteiger partial charge in [0, 0.05) is 43.2 Å². The number of rotatable bonds is 4. The Morgan fingerprint density at radius 3 is 2.71 bits per heavy atom. The highest BCUT2D eigenvalue weighted by Crippen LogP contribution is 2.42. The fraction of sp³-hybridized carbons (Fsp3) is 0.364. The molecule has 146 valence electrons. The van der Waals surface area contributed by atoms with Gasteiger partial charge < -0.3 is 14.5 Å². The molecule has 0 aromatic heterocycles. The van der Waals surface area contributed by atoms with Gasteiger partial charge in [0.1, 0.15) is 11.6 Å². The van der Waals surface area contributed by atoms with E-state index >= 15 is 0 Å². The van der Waals surface area contributed by atoms with E-state index in [1.165, 1.54) is 12.1 Å². The van der Waals surface area contributed by atoms with Gasteiger partial charge in [0.05, 0.1) is 13.5 Å². The zero-order valence-corrected chi connectivity index (χ0v) is 15.9. The second-order valence-corrected chi connectivity index (χ2v) is 7.73. The van der Waals surface area contributed by atoms with Crippen LogP contribution in [-0.4, -0.2) is 43.5 Å². The molecular weight excluding hydrogens is 359 g/mol. The lowest BCUT2D eigenvalue weighted by Crippen LogP contribution is -2.34. The molecule has 2 fully saturated rings. The van der Waals surface area contributed by atoms with Crippen LogP contribution in [0.3, 0.4) is 0 Å².